The van der Waals surface area contributed by atoms with Gasteiger partial charge in [-0.2, -0.15) is 18.3 Å². The van der Waals surface area contributed by atoms with E-state index in [9.17, 15) is 13.2 Å². The van der Waals surface area contributed by atoms with E-state index in [1.54, 1.807) is 6.92 Å². The third-order valence-electron chi connectivity index (χ3n) is 4.60. The summed E-state index contributed by atoms with van der Waals surface area (Å²) in [6, 6.07) is 8.77. The summed E-state index contributed by atoms with van der Waals surface area (Å²) >= 11 is 0. The highest BCUT2D eigenvalue weighted by atomic mass is 19.4. The Morgan fingerprint density at radius 1 is 1.23 bits per heavy atom. The number of ether oxygens (including phenoxy) is 1. The molecule has 2 aromatic heterocycles. The number of aromatic nitrogens is 3. The number of rotatable bonds is 3. The van der Waals surface area contributed by atoms with Crippen molar-refractivity contribution in [3.63, 3.8) is 0 Å². The Bertz CT molecular complexity index is 982. The van der Waals surface area contributed by atoms with E-state index in [4.69, 9.17) is 4.74 Å². The van der Waals surface area contributed by atoms with Crippen molar-refractivity contribution in [2.45, 2.75) is 26.1 Å². The van der Waals surface area contributed by atoms with E-state index in [0.717, 1.165) is 29.1 Å². The SMILES string of the molecule is CCn1nc(C(F)(F)F)cc1-c1ccc2[nH]c(C3=CCOCC3)cc2c1. The normalized spacial score (nSPS) is 15.5. The molecule has 1 aliphatic rings. The predicted molar refractivity (Wildman–Crippen MR) is 93.6 cm³/mol. The van der Waals surface area contributed by atoms with Gasteiger partial charge in [-0.05, 0) is 43.2 Å². The smallest absolute Gasteiger partial charge is 0.377 e. The Balaban J connectivity index is 1.76. The molecule has 1 aliphatic heterocycles. The molecule has 4 rings (SSSR count). The Hall–Kier alpha value is -2.54. The van der Waals surface area contributed by atoms with Gasteiger partial charge < -0.3 is 9.72 Å². The Morgan fingerprint density at radius 3 is 2.77 bits per heavy atom. The van der Waals surface area contributed by atoms with Gasteiger partial charge in [-0.1, -0.05) is 12.1 Å². The van der Waals surface area contributed by atoms with Gasteiger partial charge in [0.25, 0.3) is 0 Å². The van der Waals surface area contributed by atoms with E-state index in [-0.39, 0.29) is 0 Å². The molecule has 0 spiro atoms. The minimum absolute atomic E-state index is 0.370. The number of halogens is 3. The van der Waals surface area contributed by atoms with E-state index in [2.05, 4.69) is 16.2 Å². The van der Waals surface area contributed by atoms with Crippen molar-refractivity contribution in [2.24, 2.45) is 0 Å². The lowest BCUT2D eigenvalue weighted by molar-refractivity contribution is -0.141. The van der Waals surface area contributed by atoms with Crippen LogP contribution in [0.25, 0.3) is 27.7 Å². The molecule has 0 atom stereocenters. The van der Waals surface area contributed by atoms with Crippen molar-refractivity contribution in [2.75, 3.05) is 13.2 Å². The lowest BCUT2D eigenvalue weighted by Crippen LogP contribution is -2.07. The zero-order valence-electron chi connectivity index (χ0n) is 14.2. The number of alkyl halides is 3. The fourth-order valence-electron chi connectivity index (χ4n) is 3.27. The number of hydrogen-bond acceptors (Lipinski definition) is 2. The molecule has 136 valence electrons. The fourth-order valence-corrected chi connectivity index (χ4v) is 3.27. The van der Waals surface area contributed by atoms with Crippen molar-refractivity contribution in [1.82, 2.24) is 14.8 Å². The number of nitrogens with one attached hydrogen (secondary N) is 1. The van der Waals surface area contributed by atoms with Crippen LogP contribution in [-0.4, -0.2) is 28.0 Å². The summed E-state index contributed by atoms with van der Waals surface area (Å²) in [5.41, 5.74) is 3.50. The zero-order valence-corrected chi connectivity index (χ0v) is 14.2. The maximum Gasteiger partial charge on any atom is 0.435 e. The van der Waals surface area contributed by atoms with Gasteiger partial charge in [-0.3, -0.25) is 4.68 Å². The fraction of sp³-hybridized carbons (Fsp3) is 0.316. The number of hydrogen-bond donors (Lipinski definition) is 1. The van der Waals surface area contributed by atoms with Crippen LogP contribution in [0, 0.1) is 0 Å². The van der Waals surface area contributed by atoms with Gasteiger partial charge in [0.2, 0.25) is 0 Å². The molecule has 0 amide bonds. The number of aromatic amines is 1. The Kier molecular flexibility index (Phi) is 4.11. The lowest BCUT2D eigenvalue weighted by atomic mass is 10.1. The van der Waals surface area contributed by atoms with Crippen molar-refractivity contribution in [1.29, 1.82) is 0 Å². The maximum absolute atomic E-state index is 13.0. The van der Waals surface area contributed by atoms with Crippen molar-refractivity contribution in [3.8, 4) is 11.3 Å². The third kappa shape index (κ3) is 3.03. The van der Waals surface area contributed by atoms with Crippen molar-refractivity contribution < 1.29 is 17.9 Å². The second kappa shape index (κ2) is 6.32. The van der Waals surface area contributed by atoms with Crippen molar-refractivity contribution >= 4 is 16.5 Å². The topological polar surface area (TPSA) is 42.8 Å². The number of nitrogens with zero attached hydrogens (tertiary/aromatic N) is 2. The first kappa shape index (κ1) is 16.9. The first-order valence-electron chi connectivity index (χ1n) is 8.51. The summed E-state index contributed by atoms with van der Waals surface area (Å²) in [6.45, 7) is 3.45. The minimum Gasteiger partial charge on any atom is -0.377 e. The van der Waals surface area contributed by atoms with E-state index >= 15 is 0 Å². The van der Waals surface area contributed by atoms with Gasteiger partial charge in [-0.15, -0.1) is 0 Å². The van der Waals surface area contributed by atoms with Crippen LogP contribution in [0.4, 0.5) is 13.2 Å². The molecule has 0 bridgehead atoms. The Morgan fingerprint density at radius 2 is 2.08 bits per heavy atom. The molecule has 26 heavy (non-hydrogen) atoms. The van der Waals surface area contributed by atoms with E-state index in [1.807, 2.05) is 24.3 Å². The van der Waals surface area contributed by atoms with Gasteiger partial charge in [0.15, 0.2) is 5.69 Å². The molecule has 1 N–H and O–H groups in total. The van der Waals surface area contributed by atoms with Gasteiger partial charge in [0, 0.05) is 28.7 Å². The summed E-state index contributed by atoms with van der Waals surface area (Å²) in [4.78, 5) is 3.38. The minimum atomic E-state index is -4.45. The van der Waals surface area contributed by atoms with Gasteiger partial charge in [0.1, 0.15) is 0 Å². The molecular formula is C19H18F3N3O. The predicted octanol–water partition coefficient (Wildman–Crippen LogP) is 4.87. The molecule has 0 unspecified atom stereocenters. The number of aryl methyl sites for hydroxylation is 1. The van der Waals surface area contributed by atoms with Crippen LogP contribution in [0.5, 0.6) is 0 Å². The first-order chi connectivity index (χ1) is 12.5. The molecule has 4 nitrogen and oxygen atoms in total. The molecule has 0 fully saturated rings. The highest BCUT2D eigenvalue weighted by Crippen LogP contribution is 2.33. The second-order valence-electron chi connectivity index (χ2n) is 6.27. The lowest BCUT2D eigenvalue weighted by Gasteiger charge is -2.11. The molecule has 0 saturated heterocycles. The van der Waals surface area contributed by atoms with Crippen molar-refractivity contribution in [3.05, 3.63) is 47.8 Å². The highest BCUT2D eigenvalue weighted by Gasteiger charge is 2.35. The van der Waals surface area contributed by atoms with Crippen LogP contribution in [0.3, 0.4) is 0 Å². The maximum atomic E-state index is 13.0. The average Bonchev–Trinajstić information content (AvgIpc) is 3.25. The average molecular weight is 361 g/mol. The summed E-state index contributed by atoms with van der Waals surface area (Å²) in [5, 5.41) is 4.66. The molecule has 0 aliphatic carbocycles. The van der Waals surface area contributed by atoms with Crippen LogP contribution in [0.15, 0.2) is 36.4 Å². The Labute approximate surface area is 148 Å². The molecule has 1 aromatic carbocycles. The number of benzene rings is 1. The van der Waals surface area contributed by atoms with Gasteiger partial charge in [-0.25, -0.2) is 0 Å². The van der Waals surface area contributed by atoms with Gasteiger partial charge >= 0.3 is 6.18 Å². The van der Waals surface area contributed by atoms with Crippen LogP contribution >= 0.6 is 0 Å². The van der Waals surface area contributed by atoms with Crippen LogP contribution in [-0.2, 0) is 17.5 Å². The van der Waals surface area contributed by atoms with E-state index < -0.39 is 11.9 Å². The monoisotopic (exact) mass is 361 g/mol. The van der Waals surface area contributed by atoms with Crippen LogP contribution < -0.4 is 0 Å². The molecule has 0 saturated carbocycles. The molecule has 7 heteroatoms. The van der Waals surface area contributed by atoms with Gasteiger partial charge in [0.05, 0.1) is 18.9 Å². The standard InChI is InChI=1S/C19H18F3N3O/c1-2-25-17(11-18(24-25)19(20,21)22)13-3-4-15-14(9-13)10-16(23-15)12-5-7-26-8-6-12/h3-5,9-11,23H,2,6-8H2,1H3. The number of fused-ring (bicyclic) bond motifs is 1. The van der Waals surface area contributed by atoms with Crippen LogP contribution in [0.2, 0.25) is 0 Å². The number of H-pyrrole nitrogens is 1. The largest absolute Gasteiger partial charge is 0.435 e. The highest BCUT2D eigenvalue weighted by molar-refractivity contribution is 5.88. The van der Waals surface area contributed by atoms with Crippen LogP contribution in [0.1, 0.15) is 24.7 Å². The molecule has 0 radical (unpaired) electrons. The quantitative estimate of drug-likeness (QED) is 0.723. The molecule has 3 heterocycles. The van der Waals surface area contributed by atoms with E-state index in [1.165, 1.54) is 10.3 Å². The molecular weight excluding hydrogens is 343 g/mol. The summed E-state index contributed by atoms with van der Waals surface area (Å²) < 4.78 is 45.7. The van der Waals surface area contributed by atoms with E-state index in [0.29, 0.717) is 31.0 Å². The first-order valence-corrected chi connectivity index (χ1v) is 8.51. The second-order valence-corrected chi connectivity index (χ2v) is 6.27. The summed E-state index contributed by atoms with van der Waals surface area (Å²) in [6.07, 6.45) is -1.55. The summed E-state index contributed by atoms with van der Waals surface area (Å²) in [5.74, 6) is 0. The molecule has 3 aromatic rings. The summed E-state index contributed by atoms with van der Waals surface area (Å²) in [7, 11) is 0. The zero-order chi connectivity index (χ0) is 18.3. The third-order valence-corrected chi connectivity index (χ3v) is 4.60.